The third kappa shape index (κ3) is 4.30. The molecule has 0 saturated heterocycles. The number of nitrogens with one attached hydrogen (secondary N) is 1. The molecule has 0 unspecified atom stereocenters. The summed E-state index contributed by atoms with van der Waals surface area (Å²) in [7, 11) is 0. The van der Waals surface area contributed by atoms with Gasteiger partial charge in [-0.2, -0.15) is 0 Å². The molecule has 0 bridgehead atoms. The first-order chi connectivity index (χ1) is 14.6. The first-order valence-electron chi connectivity index (χ1n) is 9.99. The number of para-hydroxylation sites is 2. The molecule has 5 nitrogen and oxygen atoms in total. The summed E-state index contributed by atoms with van der Waals surface area (Å²) in [6.45, 7) is 2.64. The number of amides is 1. The van der Waals surface area contributed by atoms with Gasteiger partial charge in [-0.05, 0) is 31.2 Å². The molecule has 30 heavy (non-hydrogen) atoms. The van der Waals surface area contributed by atoms with E-state index in [1.807, 2.05) is 90.4 Å². The van der Waals surface area contributed by atoms with Crippen molar-refractivity contribution in [3.05, 3.63) is 101 Å². The number of imidazole rings is 1. The molecule has 0 atom stereocenters. The maximum Gasteiger partial charge on any atom is 0.251 e. The lowest BCUT2D eigenvalue weighted by Gasteiger charge is -2.10. The number of hydrogen-bond donors (Lipinski definition) is 1. The van der Waals surface area contributed by atoms with Crippen LogP contribution in [0.15, 0.2) is 78.9 Å². The molecule has 0 saturated carbocycles. The number of carbonyl (C=O) groups is 2. The summed E-state index contributed by atoms with van der Waals surface area (Å²) in [5, 5.41) is 2.95. The lowest BCUT2D eigenvalue weighted by molar-refractivity contribution is 0.0948. The number of rotatable bonds is 7. The zero-order chi connectivity index (χ0) is 20.9. The molecule has 150 valence electrons. The van der Waals surface area contributed by atoms with Gasteiger partial charge in [0.25, 0.3) is 5.91 Å². The molecule has 4 rings (SSSR count). The summed E-state index contributed by atoms with van der Waals surface area (Å²) in [5.74, 6) is 0.700. The van der Waals surface area contributed by atoms with Gasteiger partial charge in [-0.25, -0.2) is 4.98 Å². The molecule has 4 aromatic rings. The Morgan fingerprint density at radius 1 is 0.867 bits per heavy atom. The standard InChI is InChI=1S/C25H23N3O2/c1-18-11-13-20(14-12-18)25(30)26-16-15-24-27-21-9-5-6-10-22(21)28(24)17-23(29)19-7-3-2-4-8-19/h2-14H,15-17H2,1H3,(H,26,30). The Balaban J connectivity index is 1.50. The van der Waals surface area contributed by atoms with Gasteiger partial charge in [-0.3, -0.25) is 9.59 Å². The normalized spacial score (nSPS) is 10.8. The van der Waals surface area contributed by atoms with Gasteiger partial charge in [0, 0.05) is 24.1 Å². The molecule has 0 aliphatic heterocycles. The molecule has 1 aromatic heterocycles. The van der Waals surface area contributed by atoms with Crippen molar-refractivity contribution >= 4 is 22.7 Å². The Hall–Kier alpha value is -3.73. The number of Topliss-reactive ketones (excluding diaryl/α,β-unsaturated/α-hetero) is 1. The average Bonchev–Trinajstić information content (AvgIpc) is 3.12. The summed E-state index contributed by atoms with van der Waals surface area (Å²) in [4.78, 5) is 29.9. The molecule has 1 heterocycles. The van der Waals surface area contributed by atoms with Crippen molar-refractivity contribution in [2.75, 3.05) is 6.54 Å². The molecule has 0 fully saturated rings. The lowest BCUT2D eigenvalue weighted by atomic mass is 10.1. The van der Waals surface area contributed by atoms with Crippen molar-refractivity contribution in [3.8, 4) is 0 Å². The van der Waals surface area contributed by atoms with Crippen molar-refractivity contribution < 1.29 is 9.59 Å². The van der Waals surface area contributed by atoms with Crippen LogP contribution in [0.1, 0.15) is 32.1 Å². The number of aryl methyl sites for hydroxylation is 1. The minimum Gasteiger partial charge on any atom is -0.352 e. The number of ketones is 1. The SMILES string of the molecule is Cc1ccc(C(=O)NCCc2nc3ccccc3n2CC(=O)c2ccccc2)cc1. The minimum absolute atomic E-state index is 0.0312. The van der Waals surface area contributed by atoms with Gasteiger partial charge >= 0.3 is 0 Å². The van der Waals surface area contributed by atoms with Crippen molar-refractivity contribution in [3.63, 3.8) is 0 Å². The fourth-order valence-corrected chi connectivity index (χ4v) is 3.45. The van der Waals surface area contributed by atoms with E-state index in [4.69, 9.17) is 4.98 Å². The van der Waals surface area contributed by atoms with E-state index in [2.05, 4.69) is 5.32 Å². The van der Waals surface area contributed by atoms with Crippen LogP contribution in [0.3, 0.4) is 0 Å². The highest BCUT2D eigenvalue weighted by Crippen LogP contribution is 2.17. The highest BCUT2D eigenvalue weighted by Gasteiger charge is 2.15. The highest BCUT2D eigenvalue weighted by molar-refractivity contribution is 5.96. The minimum atomic E-state index is -0.113. The monoisotopic (exact) mass is 397 g/mol. The molecule has 1 N–H and O–H groups in total. The van der Waals surface area contributed by atoms with Crippen molar-refractivity contribution in [2.24, 2.45) is 0 Å². The molecule has 0 aliphatic carbocycles. The molecule has 0 radical (unpaired) electrons. The fourth-order valence-electron chi connectivity index (χ4n) is 3.45. The summed E-state index contributed by atoms with van der Waals surface area (Å²) < 4.78 is 1.95. The third-order valence-electron chi connectivity index (χ3n) is 5.08. The molecule has 3 aromatic carbocycles. The van der Waals surface area contributed by atoms with E-state index in [1.54, 1.807) is 0 Å². The summed E-state index contributed by atoms with van der Waals surface area (Å²) >= 11 is 0. The number of fused-ring (bicyclic) bond motifs is 1. The van der Waals surface area contributed by atoms with Crippen molar-refractivity contribution in [1.82, 2.24) is 14.9 Å². The number of carbonyl (C=O) groups excluding carboxylic acids is 2. The number of benzene rings is 3. The van der Waals surface area contributed by atoms with Crippen LogP contribution < -0.4 is 5.32 Å². The maximum absolute atomic E-state index is 12.8. The fraction of sp³-hybridized carbons (Fsp3) is 0.160. The summed E-state index contributed by atoms with van der Waals surface area (Å²) in [5.41, 5.74) is 4.19. The predicted molar refractivity (Wildman–Crippen MR) is 118 cm³/mol. The third-order valence-corrected chi connectivity index (χ3v) is 5.08. The second-order valence-electron chi connectivity index (χ2n) is 7.26. The zero-order valence-electron chi connectivity index (χ0n) is 16.8. The van der Waals surface area contributed by atoms with E-state index in [9.17, 15) is 9.59 Å². The van der Waals surface area contributed by atoms with E-state index < -0.39 is 0 Å². The molecular weight excluding hydrogens is 374 g/mol. The lowest BCUT2D eigenvalue weighted by Crippen LogP contribution is -2.26. The zero-order valence-corrected chi connectivity index (χ0v) is 16.8. The van der Waals surface area contributed by atoms with E-state index in [0.29, 0.717) is 24.1 Å². The smallest absolute Gasteiger partial charge is 0.251 e. The molecule has 5 heteroatoms. The summed E-state index contributed by atoms with van der Waals surface area (Å²) in [6.07, 6.45) is 0.536. The van der Waals surface area contributed by atoms with E-state index >= 15 is 0 Å². The molecule has 1 amide bonds. The summed E-state index contributed by atoms with van der Waals surface area (Å²) in [6, 6.07) is 24.5. The Morgan fingerprint density at radius 3 is 2.33 bits per heavy atom. The quantitative estimate of drug-likeness (QED) is 0.476. The van der Waals surface area contributed by atoms with Gasteiger partial charge in [0.2, 0.25) is 0 Å². The van der Waals surface area contributed by atoms with Crippen molar-refractivity contribution in [2.45, 2.75) is 19.9 Å². The maximum atomic E-state index is 12.8. The second kappa shape index (κ2) is 8.74. The van der Waals surface area contributed by atoms with Crippen molar-refractivity contribution in [1.29, 1.82) is 0 Å². The van der Waals surface area contributed by atoms with Crippen LogP contribution in [-0.2, 0) is 13.0 Å². The number of hydrogen-bond acceptors (Lipinski definition) is 3. The van der Waals surface area contributed by atoms with E-state index in [0.717, 1.165) is 22.4 Å². The highest BCUT2D eigenvalue weighted by atomic mass is 16.1. The van der Waals surface area contributed by atoms with Gasteiger partial charge in [0.15, 0.2) is 5.78 Å². The second-order valence-corrected chi connectivity index (χ2v) is 7.26. The number of nitrogens with zero attached hydrogens (tertiary/aromatic N) is 2. The van der Waals surface area contributed by atoms with Crippen LogP contribution in [-0.4, -0.2) is 27.8 Å². The van der Waals surface area contributed by atoms with Crippen LogP contribution in [0.2, 0.25) is 0 Å². The van der Waals surface area contributed by atoms with Crippen LogP contribution in [0.25, 0.3) is 11.0 Å². The van der Waals surface area contributed by atoms with Crippen LogP contribution in [0.5, 0.6) is 0 Å². The topological polar surface area (TPSA) is 64.0 Å². The Labute approximate surface area is 175 Å². The Bertz CT molecular complexity index is 1180. The first kappa shape index (κ1) is 19.6. The van der Waals surface area contributed by atoms with Gasteiger partial charge < -0.3 is 9.88 Å². The molecule has 0 spiro atoms. The Morgan fingerprint density at radius 2 is 1.57 bits per heavy atom. The van der Waals surface area contributed by atoms with Gasteiger partial charge in [-0.1, -0.05) is 60.2 Å². The van der Waals surface area contributed by atoms with Gasteiger partial charge in [-0.15, -0.1) is 0 Å². The first-order valence-corrected chi connectivity index (χ1v) is 9.99. The molecular formula is C25H23N3O2. The predicted octanol–water partition coefficient (Wildman–Crippen LogP) is 4.20. The van der Waals surface area contributed by atoms with Crippen LogP contribution in [0, 0.1) is 6.92 Å². The Kier molecular flexibility index (Phi) is 5.70. The largest absolute Gasteiger partial charge is 0.352 e. The van der Waals surface area contributed by atoms with Crippen LogP contribution >= 0.6 is 0 Å². The van der Waals surface area contributed by atoms with E-state index in [-0.39, 0.29) is 18.2 Å². The molecule has 0 aliphatic rings. The van der Waals surface area contributed by atoms with Gasteiger partial charge in [0.05, 0.1) is 17.6 Å². The van der Waals surface area contributed by atoms with E-state index in [1.165, 1.54) is 0 Å². The average molecular weight is 397 g/mol. The number of aromatic nitrogens is 2. The van der Waals surface area contributed by atoms with Gasteiger partial charge in [0.1, 0.15) is 5.82 Å². The van der Waals surface area contributed by atoms with Crippen LogP contribution in [0.4, 0.5) is 0 Å².